The van der Waals surface area contributed by atoms with Gasteiger partial charge in [0, 0.05) is 48.3 Å². The van der Waals surface area contributed by atoms with Gasteiger partial charge in [0.05, 0.1) is 22.9 Å². The number of rotatable bonds is 2. The van der Waals surface area contributed by atoms with Gasteiger partial charge in [0.2, 0.25) is 0 Å². The summed E-state index contributed by atoms with van der Waals surface area (Å²) in [6.45, 7) is 1.76. The van der Waals surface area contributed by atoms with E-state index in [1.807, 2.05) is 47.4 Å². The average Bonchev–Trinajstić information content (AvgIpc) is 2.73. The molecular formula is C25H22N4O2. The van der Waals surface area contributed by atoms with Crippen molar-refractivity contribution in [2.75, 3.05) is 13.1 Å². The lowest BCUT2D eigenvalue weighted by Gasteiger charge is -2.55. The first-order valence-corrected chi connectivity index (χ1v) is 10.7. The summed E-state index contributed by atoms with van der Waals surface area (Å²) in [5.41, 5.74) is 4.12. The summed E-state index contributed by atoms with van der Waals surface area (Å²) in [6, 6.07) is 13.2. The zero-order valence-corrected chi connectivity index (χ0v) is 17.3. The fourth-order valence-corrected chi connectivity index (χ4v) is 4.87. The summed E-state index contributed by atoms with van der Waals surface area (Å²) in [6.07, 6.45) is 7.30. The number of carbonyl (C=O) groups is 1. The molecule has 1 spiro atoms. The van der Waals surface area contributed by atoms with Gasteiger partial charge in [-0.3, -0.25) is 14.6 Å². The number of aromatic nitrogens is 3. The van der Waals surface area contributed by atoms with Crippen molar-refractivity contribution >= 4 is 27.7 Å². The number of benzene rings is 2. The third kappa shape index (κ3) is 2.86. The summed E-state index contributed by atoms with van der Waals surface area (Å²) >= 11 is 0. The van der Waals surface area contributed by atoms with Gasteiger partial charge in [-0.05, 0) is 54.6 Å². The third-order valence-electron chi connectivity index (χ3n) is 6.92. The lowest BCUT2D eigenvalue weighted by atomic mass is 9.63. The van der Waals surface area contributed by atoms with Crippen molar-refractivity contribution in [1.82, 2.24) is 19.4 Å². The molecule has 2 aromatic heterocycles. The van der Waals surface area contributed by atoms with Gasteiger partial charge >= 0.3 is 0 Å². The molecule has 0 bridgehead atoms. The van der Waals surface area contributed by atoms with Crippen molar-refractivity contribution < 1.29 is 4.79 Å². The largest absolute Gasteiger partial charge is 0.337 e. The van der Waals surface area contributed by atoms with Crippen molar-refractivity contribution in [2.24, 2.45) is 12.5 Å². The minimum absolute atomic E-state index is 0.0218. The van der Waals surface area contributed by atoms with Crippen molar-refractivity contribution in [3.05, 3.63) is 70.8 Å². The Morgan fingerprint density at radius 3 is 2.65 bits per heavy atom. The SMILES string of the molecule is Cn1ccc2cc(-c3cnc4ccc(C(=O)N5CC6(CCC6)C5)cc4n3)ccc2c1=O. The highest BCUT2D eigenvalue weighted by atomic mass is 16.2. The van der Waals surface area contributed by atoms with Gasteiger partial charge in [-0.2, -0.15) is 0 Å². The van der Waals surface area contributed by atoms with Gasteiger partial charge in [0.15, 0.2) is 0 Å². The minimum atomic E-state index is -0.0218. The van der Waals surface area contributed by atoms with E-state index in [1.165, 1.54) is 19.3 Å². The summed E-state index contributed by atoms with van der Waals surface area (Å²) < 4.78 is 1.57. The third-order valence-corrected chi connectivity index (χ3v) is 6.92. The summed E-state index contributed by atoms with van der Waals surface area (Å²) in [7, 11) is 1.75. The molecule has 154 valence electrons. The molecule has 1 saturated heterocycles. The Morgan fingerprint density at radius 2 is 1.87 bits per heavy atom. The van der Waals surface area contributed by atoms with Crippen LogP contribution in [0.4, 0.5) is 0 Å². The molecule has 1 aliphatic heterocycles. The van der Waals surface area contributed by atoms with Crippen LogP contribution >= 0.6 is 0 Å². The molecule has 4 aromatic rings. The highest BCUT2D eigenvalue weighted by Gasteiger charge is 2.48. The highest BCUT2D eigenvalue weighted by molar-refractivity contribution is 5.98. The van der Waals surface area contributed by atoms with E-state index >= 15 is 0 Å². The maximum Gasteiger partial charge on any atom is 0.258 e. The molecule has 31 heavy (non-hydrogen) atoms. The van der Waals surface area contributed by atoms with Crippen LogP contribution in [0.3, 0.4) is 0 Å². The van der Waals surface area contributed by atoms with E-state index < -0.39 is 0 Å². The quantitative estimate of drug-likeness (QED) is 0.504. The normalized spacial score (nSPS) is 17.0. The van der Waals surface area contributed by atoms with Crippen molar-refractivity contribution in [2.45, 2.75) is 19.3 Å². The lowest BCUT2D eigenvalue weighted by Crippen LogP contribution is -2.61. The van der Waals surface area contributed by atoms with Crippen LogP contribution in [0, 0.1) is 5.41 Å². The Bertz CT molecular complexity index is 1430. The van der Waals surface area contributed by atoms with Gasteiger partial charge in [-0.25, -0.2) is 4.98 Å². The molecule has 1 aliphatic carbocycles. The Hall–Kier alpha value is -3.54. The molecular weight excluding hydrogens is 388 g/mol. The van der Waals surface area contributed by atoms with Gasteiger partial charge in [-0.1, -0.05) is 12.5 Å². The zero-order chi connectivity index (χ0) is 21.2. The molecule has 2 fully saturated rings. The van der Waals surface area contributed by atoms with Crippen molar-refractivity contribution in [3.63, 3.8) is 0 Å². The van der Waals surface area contributed by atoms with Gasteiger partial charge in [0.25, 0.3) is 11.5 Å². The van der Waals surface area contributed by atoms with Crippen LogP contribution in [0.15, 0.2) is 59.7 Å². The van der Waals surface area contributed by atoms with Crippen LogP contribution < -0.4 is 5.56 Å². The van der Waals surface area contributed by atoms with E-state index in [1.54, 1.807) is 24.0 Å². The number of aryl methyl sites for hydroxylation is 1. The Balaban J connectivity index is 1.34. The van der Waals surface area contributed by atoms with Crippen LogP contribution in [-0.2, 0) is 7.05 Å². The summed E-state index contributed by atoms with van der Waals surface area (Å²) in [5, 5.41) is 1.54. The summed E-state index contributed by atoms with van der Waals surface area (Å²) in [4.78, 5) is 36.5. The predicted molar refractivity (Wildman–Crippen MR) is 120 cm³/mol. The highest BCUT2D eigenvalue weighted by Crippen LogP contribution is 2.48. The number of likely N-dealkylation sites (tertiary alicyclic amines) is 1. The number of carbonyl (C=O) groups excluding carboxylic acids is 1. The molecule has 6 heteroatoms. The molecule has 2 aliphatic rings. The molecule has 1 saturated carbocycles. The fourth-order valence-electron chi connectivity index (χ4n) is 4.87. The number of amides is 1. The molecule has 0 radical (unpaired) electrons. The smallest absolute Gasteiger partial charge is 0.258 e. The average molecular weight is 410 g/mol. The Labute approximate surface area is 179 Å². The van der Waals surface area contributed by atoms with E-state index in [0.717, 1.165) is 35.2 Å². The van der Waals surface area contributed by atoms with Crippen molar-refractivity contribution in [3.8, 4) is 11.3 Å². The van der Waals surface area contributed by atoms with Crippen LogP contribution in [-0.4, -0.2) is 38.4 Å². The van der Waals surface area contributed by atoms with Gasteiger partial charge < -0.3 is 9.47 Å². The number of nitrogens with zero attached hydrogens (tertiary/aromatic N) is 4. The van der Waals surface area contributed by atoms with Crippen LogP contribution in [0.25, 0.3) is 33.1 Å². The Morgan fingerprint density at radius 1 is 1.03 bits per heavy atom. The van der Waals surface area contributed by atoms with Crippen LogP contribution in [0.2, 0.25) is 0 Å². The predicted octanol–water partition coefficient (Wildman–Crippen LogP) is 3.77. The van der Waals surface area contributed by atoms with Crippen LogP contribution in [0.1, 0.15) is 29.6 Å². The zero-order valence-electron chi connectivity index (χ0n) is 17.3. The van der Waals surface area contributed by atoms with E-state index in [9.17, 15) is 9.59 Å². The number of pyridine rings is 1. The minimum Gasteiger partial charge on any atom is -0.337 e. The first kappa shape index (κ1) is 18.2. The number of hydrogen-bond acceptors (Lipinski definition) is 4. The van der Waals surface area contributed by atoms with E-state index in [0.29, 0.717) is 21.9 Å². The lowest BCUT2D eigenvalue weighted by molar-refractivity contribution is -0.0426. The number of hydrogen-bond donors (Lipinski definition) is 0. The van der Waals surface area contributed by atoms with E-state index in [4.69, 9.17) is 4.98 Å². The Kier molecular flexibility index (Phi) is 3.81. The molecule has 6 nitrogen and oxygen atoms in total. The molecule has 0 atom stereocenters. The molecule has 1 amide bonds. The maximum absolute atomic E-state index is 12.9. The van der Waals surface area contributed by atoms with Crippen molar-refractivity contribution in [1.29, 1.82) is 0 Å². The second-order valence-electron chi connectivity index (χ2n) is 9.01. The standard InChI is InChI=1S/C25H22N4O2/c1-28-10-7-16-11-17(3-5-19(16)24(28)31)22-13-26-20-6-4-18(12-21(20)27-22)23(30)29-14-25(15-29)8-2-9-25/h3-7,10-13H,2,8-9,14-15H2,1H3. The summed E-state index contributed by atoms with van der Waals surface area (Å²) in [5.74, 6) is 0.0770. The topological polar surface area (TPSA) is 68.1 Å². The second-order valence-corrected chi connectivity index (χ2v) is 9.01. The van der Waals surface area contributed by atoms with E-state index in [2.05, 4.69) is 4.98 Å². The molecule has 3 heterocycles. The molecule has 2 aromatic carbocycles. The first-order chi connectivity index (χ1) is 15.0. The van der Waals surface area contributed by atoms with Gasteiger partial charge in [0.1, 0.15) is 0 Å². The molecule has 0 unspecified atom stereocenters. The monoisotopic (exact) mass is 410 g/mol. The molecule has 0 N–H and O–H groups in total. The number of fused-ring (bicyclic) bond motifs is 2. The fraction of sp³-hybridized carbons (Fsp3) is 0.280. The second kappa shape index (κ2) is 6.48. The molecule has 6 rings (SSSR count). The van der Waals surface area contributed by atoms with E-state index in [-0.39, 0.29) is 11.5 Å². The maximum atomic E-state index is 12.9. The first-order valence-electron chi connectivity index (χ1n) is 10.7. The van der Waals surface area contributed by atoms with Crippen LogP contribution in [0.5, 0.6) is 0 Å². The van der Waals surface area contributed by atoms with Gasteiger partial charge in [-0.15, -0.1) is 0 Å².